The Bertz CT molecular complexity index is 918. The standard InChI is InChI=1S/C19H18N4O4/c24-19-17(16-11-15(23(25)26)5-6-18(16)21-19)12-20-13-1-3-14(4-2-13)22-7-9-27-10-8-22/h1-6,11-12,20H,7-10H2,(H,21,24)/b17-12+. The molecular weight excluding hydrogens is 348 g/mol. The van der Waals surface area contributed by atoms with E-state index in [0.717, 1.165) is 37.7 Å². The summed E-state index contributed by atoms with van der Waals surface area (Å²) in [4.78, 5) is 25.0. The summed E-state index contributed by atoms with van der Waals surface area (Å²) in [5.74, 6) is -0.289. The zero-order valence-electron chi connectivity index (χ0n) is 14.5. The summed E-state index contributed by atoms with van der Waals surface area (Å²) in [6.07, 6.45) is 1.58. The van der Waals surface area contributed by atoms with Gasteiger partial charge in [0.15, 0.2) is 0 Å². The predicted molar refractivity (Wildman–Crippen MR) is 103 cm³/mol. The Kier molecular flexibility index (Phi) is 4.47. The van der Waals surface area contributed by atoms with Crippen LogP contribution in [0.2, 0.25) is 0 Å². The molecule has 2 N–H and O–H groups in total. The molecule has 2 heterocycles. The normalized spacial score (nSPS) is 17.6. The number of nitrogens with one attached hydrogen (secondary N) is 2. The molecule has 2 aliphatic heterocycles. The predicted octanol–water partition coefficient (Wildman–Crippen LogP) is 2.84. The van der Waals surface area contributed by atoms with E-state index in [0.29, 0.717) is 16.8 Å². The van der Waals surface area contributed by atoms with E-state index < -0.39 is 4.92 Å². The lowest BCUT2D eigenvalue weighted by molar-refractivity contribution is -0.384. The van der Waals surface area contributed by atoms with Crippen LogP contribution in [0.5, 0.6) is 0 Å². The van der Waals surface area contributed by atoms with Crippen LogP contribution in [-0.2, 0) is 9.53 Å². The van der Waals surface area contributed by atoms with Crippen molar-refractivity contribution in [3.8, 4) is 0 Å². The van der Waals surface area contributed by atoms with Crippen LogP contribution in [0.4, 0.5) is 22.7 Å². The highest BCUT2D eigenvalue weighted by Gasteiger charge is 2.26. The van der Waals surface area contributed by atoms with Crippen molar-refractivity contribution in [3.63, 3.8) is 0 Å². The minimum Gasteiger partial charge on any atom is -0.378 e. The van der Waals surface area contributed by atoms with Gasteiger partial charge in [-0.1, -0.05) is 0 Å². The number of nitro groups is 1. The van der Waals surface area contributed by atoms with Gasteiger partial charge in [0.1, 0.15) is 0 Å². The number of hydrogen-bond donors (Lipinski definition) is 2. The third-order valence-electron chi connectivity index (χ3n) is 4.62. The minimum absolute atomic E-state index is 0.0500. The number of anilines is 3. The van der Waals surface area contributed by atoms with Crippen LogP contribution >= 0.6 is 0 Å². The average Bonchev–Trinajstić information content (AvgIpc) is 3.01. The van der Waals surface area contributed by atoms with Crippen molar-refractivity contribution in [2.24, 2.45) is 0 Å². The van der Waals surface area contributed by atoms with E-state index in [1.807, 2.05) is 24.3 Å². The summed E-state index contributed by atoms with van der Waals surface area (Å²) >= 11 is 0. The molecular formula is C19H18N4O4. The van der Waals surface area contributed by atoms with Gasteiger partial charge in [-0.2, -0.15) is 0 Å². The van der Waals surface area contributed by atoms with Gasteiger partial charge in [-0.15, -0.1) is 0 Å². The first kappa shape index (κ1) is 17.0. The maximum absolute atomic E-state index is 12.2. The zero-order valence-corrected chi connectivity index (χ0v) is 14.5. The van der Waals surface area contributed by atoms with Crippen molar-refractivity contribution >= 4 is 34.2 Å². The fourth-order valence-corrected chi connectivity index (χ4v) is 3.18. The summed E-state index contributed by atoms with van der Waals surface area (Å²) in [6.45, 7) is 3.19. The van der Waals surface area contributed by atoms with E-state index >= 15 is 0 Å². The number of morpholine rings is 1. The molecule has 1 fully saturated rings. The fraction of sp³-hybridized carbons (Fsp3) is 0.211. The molecule has 0 spiro atoms. The fourth-order valence-electron chi connectivity index (χ4n) is 3.18. The van der Waals surface area contributed by atoms with E-state index in [4.69, 9.17) is 4.74 Å². The van der Waals surface area contributed by atoms with Crippen molar-refractivity contribution in [1.29, 1.82) is 0 Å². The molecule has 2 aromatic carbocycles. The van der Waals surface area contributed by atoms with E-state index in [2.05, 4.69) is 15.5 Å². The second-order valence-electron chi connectivity index (χ2n) is 6.29. The molecule has 2 aliphatic rings. The highest BCUT2D eigenvalue weighted by atomic mass is 16.6. The van der Waals surface area contributed by atoms with E-state index in [1.54, 1.807) is 12.3 Å². The summed E-state index contributed by atoms with van der Waals surface area (Å²) in [7, 11) is 0. The van der Waals surface area contributed by atoms with Crippen molar-refractivity contribution in [2.75, 3.05) is 41.8 Å². The maximum Gasteiger partial charge on any atom is 0.270 e. The molecule has 1 saturated heterocycles. The summed E-state index contributed by atoms with van der Waals surface area (Å²) in [5, 5.41) is 16.8. The Labute approximate surface area is 155 Å². The van der Waals surface area contributed by atoms with E-state index in [9.17, 15) is 14.9 Å². The molecule has 0 saturated carbocycles. The molecule has 0 radical (unpaired) electrons. The summed E-state index contributed by atoms with van der Waals surface area (Å²) in [5.41, 5.74) is 3.35. The smallest absolute Gasteiger partial charge is 0.270 e. The zero-order chi connectivity index (χ0) is 18.8. The van der Waals surface area contributed by atoms with Crippen LogP contribution in [0, 0.1) is 10.1 Å². The quantitative estimate of drug-likeness (QED) is 0.491. The number of amides is 1. The molecule has 4 rings (SSSR count). The Morgan fingerprint density at radius 2 is 1.89 bits per heavy atom. The van der Waals surface area contributed by atoms with Gasteiger partial charge in [0.2, 0.25) is 0 Å². The molecule has 8 heteroatoms. The van der Waals surface area contributed by atoms with Crippen LogP contribution in [0.1, 0.15) is 5.56 Å². The lowest BCUT2D eigenvalue weighted by Crippen LogP contribution is -2.36. The Hall–Kier alpha value is -3.39. The van der Waals surface area contributed by atoms with Gasteiger partial charge in [0.25, 0.3) is 11.6 Å². The van der Waals surface area contributed by atoms with Crippen molar-refractivity contribution in [1.82, 2.24) is 0 Å². The van der Waals surface area contributed by atoms with Gasteiger partial charge in [-0.05, 0) is 30.3 Å². The summed E-state index contributed by atoms with van der Waals surface area (Å²) in [6, 6.07) is 12.2. The first-order chi connectivity index (χ1) is 13.1. The van der Waals surface area contributed by atoms with Crippen molar-refractivity contribution in [3.05, 3.63) is 64.3 Å². The number of ether oxygens (including phenoxy) is 1. The Morgan fingerprint density at radius 1 is 1.15 bits per heavy atom. The van der Waals surface area contributed by atoms with Crippen molar-refractivity contribution < 1.29 is 14.5 Å². The van der Waals surface area contributed by atoms with Gasteiger partial charge < -0.3 is 20.3 Å². The van der Waals surface area contributed by atoms with Gasteiger partial charge in [-0.25, -0.2) is 0 Å². The third kappa shape index (κ3) is 3.47. The number of fused-ring (bicyclic) bond motifs is 1. The molecule has 8 nitrogen and oxygen atoms in total. The molecule has 27 heavy (non-hydrogen) atoms. The molecule has 2 aromatic rings. The highest BCUT2D eigenvalue weighted by Crippen LogP contribution is 2.34. The number of non-ortho nitro benzene ring substituents is 1. The molecule has 138 valence electrons. The number of benzene rings is 2. The Balaban J connectivity index is 1.52. The highest BCUT2D eigenvalue weighted by molar-refractivity contribution is 6.31. The summed E-state index contributed by atoms with van der Waals surface area (Å²) < 4.78 is 5.36. The molecule has 0 atom stereocenters. The molecule has 0 unspecified atom stereocenters. The van der Waals surface area contributed by atoms with E-state index in [1.165, 1.54) is 12.1 Å². The average molecular weight is 366 g/mol. The lowest BCUT2D eigenvalue weighted by Gasteiger charge is -2.28. The molecule has 0 bridgehead atoms. The van der Waals surface area contributed by atoms with Gasteiger partial charge in [0, 0.05) is 54.0 Å². The third-order valence-corrected chi connectivity index (χ3v) is 4.62. The van der Waals surface area contributed by atoms with Crippen LogP contribution in [0.15, 0.2) is 48.7 Å². The number of nitrogens with zero attached hydrogens (tertiary/aromatic N) is 2. The number of nitro benzene ring substituents is 1. The first-order valence-corrected chi connectivity index (χ1v) is 8.61. The lowest BCUT2D eigenvalue weighted by atomic mass is 10.1. The largest absolute Gasteiger partial charge is 0.378 e. The second kappa shape index (κ2) is 7.08. The number of carbonyl (C=O) groups excluding carboxylic acids is 1. The first-order valence-electron chi connectivity index (χ1n) is 8.61. The molecule has 0 aromatic heterocycles. The minimum atomic E-state index is -0.474. The Morgan fingerprint density at radius 3 is 2.59 bits per heavy atom. The SMILES string of the molecule is O=C1Nc2ccc([N+](=O)[O-])cc2/C1=C\Nc1ccc(N2CCOCC2)cc1. The van der Waals surface area contributed by atoms with Gasteiger partial charge in [-0.3, -0.25) is 14.9 Å². The second-order valence-corrected chi connectivity index (χ2v) is 6.29. The van der Waals surface area contributed by atoms with E-state index in [-0.39, 0.29) is 11.6 Å². The topological polar surface area (TPSA) is 96.7 Å². The number of carbonyl (C=O) groups is 1. The maximum atomic E-state index is 12.2. The molecule has 1 amide bonds. The van der Waals surface area contributed by atoms with Crippen LogP contribution in [0.25, 0.3) is 5.57 Å². The van der Waals surface area contributed by atoms with Crippen LogP contribution < -0.4 is 15.5 Å². The van der Waals surface area contributed by atoms with Crippen LogP contribution in [-0.4, -0.2) is 37.1 Å². The number of rotatable bonds is 4. The van der Waals surface area contributed by atoms with Gasteiger partial charge in [0.05, 0.1) is 23.7 Å². The van der Waals surface area contributed by atoms with Crippen molar-refractivity contribution in [2.45, 2.75) is 0 Å². The monoisotopic (exact) mass is 366 g/mol. The van der Waals surface area contributed by atoms with Crippen LogP contribution in [0.3, 0.4) is 0 Å². The van der Waals surface area contributed by atoms with Gasteiger partial charge >= 0.3 is 0 Å². The number of hydrogen-bond acceptors (Lipinski definition) is 6. The molecule has 0 aliphatic carbocycles.